The normalized spacial score (nSPS) is 14.4. The molecule has 0 saturated carbocycles. The number of ether oxygens (including phenoxy) is 2. The topological polar surface area (TPSA) is 132 Å². The maximum atomic E-state index is 13.4. The first-order valence-corrected chi connectivity index (χ1v) is 14.1. The van der Waals surface area contributed by atoms with E-state index in [1.807, 2.05) is 39.8 Å². The number of rotatable bonds is 11. The number of halogens is 1. The second-order valence-corrected chi connectivity index (χ2v) is 11.6. The van der Waals surface area contributed by atoms with Crippen LogP contribution in [0.25, 0.3) is 0 Å². The highest BCUT2D eigenvalue weighted by Crippen LogP contribution is 2.41. The molecule has 0 spiro atoms. The van der Waals surface area contributed by atoms with Crippen LogP contribution >= 0.6 is 17.0 Å². The van der Waals surface area contributed by atoms with Crippen molar-refractivity contribution < 1.29 is 29.0 Å². The molecule has 2 heterocycles. The van der Waals surface area contributed by atoms with Gasteiger partial charge in [-0.25, -0.2) is 4.79 Å². The van der Waals surface area contributed by atoms with E-state index in [4.69, 9.17) is 14.9 Å². The molecule has 2 aromatic carbocycles. The van der Waals surface area contributed by atoms with Gasteiger partial charge in [0.15, 0.2) is 12.4 Å². The van der Waals surface area contributed by atoms with Crippen LogP contribution < -0.4 is 19.7 Å². The van der Waals surface area contributed by atoms with Crippen molar-refractivity contribution in [2.45, 2.75) is 58.9 Å². The van der Waals surface area contributed by atoms with E-state index in [-0.39, 0.29) is 52.9 Å². The Morgan fingerprint density at radius 1 is 1.07 bits per heavy atom. The number of hydrogen-bond donors (Lipinski definition) is 3. The number of carbonyl (C=O) groups excluding carboxylic acids is 2. The number of nitrogens with zero attached hydrogens (tertiary/aromatic N) is 2. The number of hydrogen-bond acceptors (Lipinski definition) is 7. The molecule has 2 aliphatic rings. The molecule has 0 aromatic heterocycles. The van der Waals surface area contributed by atoms with E-state index in [1.165, 1.54) is 0 Å². The van der Waals surface area contributed by atoms with Crippen molar-refractivity contribution in [3.63, 3.8) is 0 Å². The molecule has 1 fully saturated rings. The molecule has 0 atom stereocenters. The number of Topliss-reactive ketones (excluding diaryl/α,β-unsaturated/α-hetero) is 1. The molecule has 0 radical (unpaired) electrons. The zero-order chi connectivity index (χ0) is 29.9. The summed E-state index contributed by atoms with van der Waals surface area (Å²) in [7, 11) is 1.55. The van der Waals surface area contributed by atoms with Gasteiger partial charge in [0, 0.05) is 44.2 Å². The molecule has 1 amide bonds. The van der Waals surface area contributed by atoms with Gasteiger partial charge >= 0.3 is 5.97 Å². The lowest BCUT2D eigenvalue weighted by molar-refractivity contribution is -0.139. The van der Waals surface area contributed by atoms with Crippen molar-refractivity contribution in [3.05, 3.63) is 52.1 Å². The van der Waals surface area contributed by atoms with Gasteiger partial charge in [-0.05, 0) is 54.5 Å². The van der Waals surface area contributed by atoms with Crippen LogP contribution in [0.5, 0.6) is 11.5 Å². The molecule has 0 bridgehead atoms. The number of fused-ring (bicyclic) bond motifs is 1. The van der Waals surface area contributed by atoms with E-state index in [1.54, 1.807) is 24.1 Å². The number of carboxylic acid groups (broad SMARTS) is 1. The molecule has 2 aliphatic heterocycles. The van der Waals surface area contributed by atoms with Crippen LogP contribution in [0.15, 0.2) is 24.3 Å². The molecule has 4 rings (SSSR count). The second kappa shape index (κ2) is 13.6. The van der Waals surface area contributed by atoms with Crippen LogP contribution in [-0.4, -0.2) is 73.4 Å². The first-order valence-electron chi connectivity index (χ1n) is 14.1. The molecule has 0 aliphatic carbocycles. The van der Waals surface area contributed by atoms with Crippen LogP contribution in [0.1, 0.15) is 73.1 Å². The Labute approximate surface area is 257 Å². The Balaban J connectivity index is 0.00000484. The number of carboxylic acids is 1. The number of amides is 1. The zero-order valence-corrected chi connectivity index (χ0v) is 26.7. The van der Waals surface area contributed by atoms with E-state index in [2.05, 4.69) is 10.2 Å². The smallest absolute Gasteiger partial charge is 0.341 e. The van der Waals surface area contributed by atoms with Gasteiger partial charge in [0.25, 0.3) is 5.91 Å². The molecular formula is C31H41BrN4O6. The minimum Gasteiger partial charge on any atom is -0.493 e. The van der Waals surface area contributed by atoms with E-state index in [0.29, 0.717) is 35.8 Å². The highest BCUT2D eigenvalue weighted by Gasteiger charge is 2.30. The van der Waals surface area contributed by atoms with Crippen LogP contribution in [0.4, 0.5) is 5.69 Å². The Morgan fingerprint density at radius 3 is 2.36 bits per heavy atom. The van der Waals surface area contributed by atoms with Crippen molar-refractivity contribution in [2.75, 3.05) is 44.8 Å². The summed E-state index contributed by atoms with van der Waals surface area (Å²) in [5.41, 5.74) is 3.98. The average molecular weight is 646 g/mol. The van der Waals surface area contributed by atoms with Crippen LogP contribution in [0.3, 0.4) is 0 Å². The first-order chi connectivity index (χ1) is 19.4. The standard InChI is InChI=1S/C31H40N4O6.BrH/c1-6-40-26-14-20-16-35(29(32)22(20)15-23(26)30(39)33-5)17-21(36)11-19-12-24(31(2,3)4)28(41-18-27(37)38)25(13-19)34-9-7-8-10-34;/h12-15,32H,6-11,16-18H2,1-5H3,(H,33,39)(H,37,38);1H. The van der Waals surface area contributed by atoms with Gasteiger partial charge in [-0.3, -0.25) is 15.0 Å². The quantitative estimate of drug-likeness (QED) is 0.329. The van der Waals surface area contributed by atoms with E-state index >= 15 is 0 Å². The summed E-state index contributed by atoms with van der Waals surface area (Å²) < 4.78 is 11.5. The monoisotopic (exact) mass is 644 g/mol. The number of benzene rings is 2. The van der Waals surface area contributed by atoms with Crippen molar-refractivity contribution in [2.24, 2.45) is 0 Å². The molecule has 2 aromatic rings. The molecule has 3 N–H and O–H groups in total. The van der Waals surface area contributed by atoms with E-state index in [9.17, 15) is 19.5 Å². The van der Waals surface area contributed by atoms with Gasteiger partial charge in [0.2, 0.25) is 0 Å². The fourth-order valence-corrected chi connectivity index (χ4v) is 5.46. The molecule has 10 nitrogen and oxygen atoms in total. The maximum absolute atomic E-state index is 13.4. The number of carbonyl (C=O) groups is 3. The summed E-state index contributed by atoms with van der Waals surface area (Å²) in [4.78, 5) is 41.1. The summed E-state index contributed by atoms with van der Waals surface area (Å²) in [5.74, 6) is -0.162. The minimum absolute atomic E-state index is 0. The largest absolute Gasteiger partial charge is 0.493 e. The number of nitrogens with one attached hydrogen (secondary N) is 2. The van der Waals surface area contributed by atoms with Crippen LogP contribution in [0, 0.1) is 5.41 Å². The molecule has 42 heavy (non-hydrogen) atoms. The Morgan fingerprint density at radius 2 is 1.76 bits per heavy atom. The summed E-state index contributed by atoms with van der Waals surface area (Å²) in [5, 5.41) is 20.6. The predicted molar refractivity (Wildman–Crippen MR) is 167 cm³/mol. The third-order valence-corrected chi connectivity index (χ3v) is 7.40. The lowest BCUT2D eigenvalue weighted by Crippen LogP contribution is -2.31. The molecule has 0 unspecified atom stereocenters. The van der Waals surface area contributed by atoms with Crippen molar-refractivity contribution in [3.8, 4) is 11.5 Å². The molecule has 11 heteroatoms. The van der Waals surface area contributed by atoms with Gasteiger partial charge in [0.05, 0.1) is 24.4 Å². The SMILES string of the molecule is Br.CCOc1cc2c(cc1C(=O)NC)C(=N)N(CC(=O)Cc1cc(N3CCCC3)c(OCC(=O)O)c(C(C)(C)C)c1)C2. The van der Waals surface area contributed by atoms with Gasteiger partial charge in [-0.2, -0.15) is 0 Å². The minimum atomic E-state index is -1.04. The van der Waals surface area contributed by atoms with Crippen LogP contribution in [-0.2, 0) is 28.0 Å². The van der Waals surface area contributed by atoms with Gasteiger partial charge in [0.1, 0.15) is 17.3 Å². The number of anilines is 1. The zero-order valence-electron chi connectivity index (χ0n) is 25.0. The summed E-state index contributed by atoms with van der Waals surface area (Å²) in [6.07, 6.45) is 2.24. The second-order valence-electron chi connectivity index (χ2n) is 11.6. The highest BCUT2D eigenvalue weighted by atomic mass is 79.9. The third kappa shape index (κ3) is 7.24. The van der Waals surface area contributed by atoms with Gasteiger partial charge in [-0.15, -0.1) is 17.0 Å². The first kappa shape index (κ1) is 32.9. The van der Waals surface area contributed by atoms with Gasteiger partial charge < -0.3 is 29.7 Å². The molecule has 1 saturated heterocycles. The average Bonchev–Trinajstić information content (AvgIpc) is 3.54. The van der Waals surface area contributed by atoms with Crippen LogP contribution in [0.2, 0.25) is 0 Å². The lowest BCUT2D eigenvalue weighted by atomic mass is 9.84. The van der Waals surface area contributed by atoms with E-state index in [0.717, 1.165) is 48.3 Å². The number of amidine groups is 1. The number of aliphatic carboxylic acids is 1. The van der Waals surface area contributed by atoms with Crippen molar-refractivity contribution in [1.82, 2.24) is 10.2 Å². The fraction of sp³-hybridized carbons (Fsp3) is 0.484. The molecule has 228 valence electrons. The van der Waals surface area contributed by atoms with Crippen molar-refractivity contribution >= 4 is 46.2 Å². The molecular weight excluding hydrogens is 604 g/mol. The summed E-state index contributed by atoms with van der Waals surface area (Å²) >= 11 is 0. The number of ketones is 1. The highest BCUT2D eigenvalue weighted by molar-refractivity contribution is 8.93. The fourth-order valence-electron chi connectivity index (χ4n) is 5.46. The Bertz CT molecular complexity index is 1360. The van der Waals surface area contributed by atoms with Crippen molar-refractivity contribution in [1.29, 1.82) is 5.41 Å². The third-order valence-electron chi connectivity index (χ3n) is 7.40. The van der Waals surface area contributed by atoms with Gasteiger partial charge in [-0.1, -0.05) is 26.8 Å². The van der Waals surface area contributed by atoms with E-state index < -0.39 is 12.6 Å². The Kier molecular flexibility index (Phi) is 10.6. The maximum Gasteiger partial charge on any atom is 0.341 e. The lowest BCUT2D eigenvalue weighted by Gasteiger charge is -2.29. The summed E-state index contributed by atoms with van der Waals surface area (Å²) in [6.45, 7) is 10.1. The summed E-state index contributed by atoms with van der Waals surface area (Å²) in [6, 6.07) is 7.35. The Hall–Kier alpha value is -3.60. The predicted octanol–water partition coefficient (Wildman–Crippen LogP) is 4.34.